The minimum atomic E-state index is -5.21. The number of hydrogen-bond donors (Lipinski definition) is 1. The molecule has 2 aromatic rings. The van der Waals surface area contributed by atoms with Crippen LogP contribution >= 0.6 is 0 Å². The number of esters is 2. The van der Waals surface area contributed by atoms with Gasteiger partial charge in [-0.25, -0.2) is 9.78 Å². The molecule has 0 aliphatic heterocycles. The van der Waals surface area contributed by atoms with Crippen LogP contribution in [-0.4, -0.2) is 39.8 Å². The van der Waals surface area contributed by atoms with Crippen LogP contribution in [0.4, 0.5) is 19.0 Å². The molecule has 0 spiro atoms. The average Bonchev–Trinajstić information content (AvgIpc) is 3.07. The highest BCUT2D eigenvalue weighted by molar-refractivity contribution is 5.88. The van der Waals surface area contributed by atoms with Crippen molar-refractivity contribution in [2.24, 2.45) is 5.41 Å². The molecule has 0 bridgehead atoms. The van der Waals surface area contributed by atoms with Gasteiger partial charge in [0.1, 0.15) is 5.82 Å². The number of ether oxygens (including phenoxy) is 1. The standard InChI is InChI=1S/C19H23F3N4O4/c1-18(2,12-16(27)29-17(28)19(20,21)22)11-14-25-15(30-26-14)8-4-6-10-24-13-7-3-5-9-23-13/h3,5,7,9H,4,6,8,10-12H2,1-2H3,(H,23,24). The number of nitrogens with zero attached hydrogens (tertiary/aromatic N) is 3. The topological polar surface area (TPSA) is 107 Å². The molecule has 0 atom stereocenters. The van der Waals surface area contributed by atoms with E-state index >= 15 is 0 Å². The van der Waals surface area contributed by atoms with Gasteiger partial charge < -0.3 is 14.6 Å². The van der Waals surface area contributed by atoms with E-state index in [2.05, 4.69) is 25.2 Å². The molecule has 11 heteroatoms. The quantitative estimate of drug-likeness (QED) is 0.348. The molecule has 0 saturated carbocycles. The number of pyridine rings is 1. The Morgan fingerprint density at radius 1 is 1.20 bits per heavy atom. The number of rotatable bonds is 10. The van der Waals surface area contributed by atoms with E-state index in [4.69, 9.17) is 4.52 Å². The van der Waals surface area contributed by atoms with Crippen LogP contribution in [-0.2, 0) is 27.2 Å². The maximum absolute atomic E-state index is 12.2. The van der Waals surface area contributed by atoms with Gasteiger partial charge in [-0.2, -0.15) is 18.2 Å². The van der Waals surface area contributed by atoms with Crippen LogP contribution in [0.1, 0.15) is 44.8 Å². The van der Waals surface area contributed by atoms with Crippen molar-refractivity contribution in [1.82, 2.24) is 15.1 Å². The van der Waals surface area contributed by atoms with Gasteiger partial charge in [0, 0.05) is 25.6 Å². The predicted molar refractivity (Wildman–Crippen MR) is 99.2 cm³/mol. The Kier molecular flexibility index (Phi) is 7.90. The fourth-order valence-electron chi connectivity index (χ4n) is 2.63. The number of anilines is 1. The third-order valence-electron chi connectivity index (χ3n) is 4.00. The summed E-state index contributed by atoms with van der Waals surface area (Å²) in [6.07, 6.45) is -1.51. The molecule has 2 heterocycles. The van der Waals surface area contributed by atoms with Crippen LogP contribution in [0.15, 0.2) is 28.9 Å². The highest BCUT2D eigenvalue weighted by Crippen LogP contribution is 2.26. The van der Waals surface area contributed by atoms with E-state index in [9.17, 15) is 22.8 Å². The number of aromatic nitrogens is 3. The van der Waals surface area contributed by atoms with E-state index in [1.807, 2.05) is 18.2 Å². The fraction of sp³-hybridized carbons (Fsp3) is 0.526. The molecular formula is C19H23F3N4O4. The van der Waals surface area contributed by atoms with E-state index in [-0.39, 0.29) is 6.42 Å². The Balaban J connectivity index is 1.72. The van der Waals surface area contributed by atoms with Crippen LogP contribution in [0.5, 0.6) is 0 Å². The first-order chi connectivity index (χ1) is 14.0. The van der Waals surface area contributed by atoms with E-state index < -0.39 is 30.0 Å². The third-order valence-corrected chi connectivity index (χ3v) is 4.00. The second-order valence-corrected chi connectivity index (χ2v) is 7.48. The number of halogens is 3. The first-order valence-electron chi connectivity index (χ1n) is 9.33. The van der Waals surface area contributed by atoms with Crippen molar-refractivity contribution in [2.45, 2.75) is 52.1 Å². The second kappa shape index (κ2) is 10.2. The van der Waals surface area contributed by atoms with Gasteiger partial charge >= 0.3 is 18.1 Å². The van der Waals surface area contributed by atoms with Crippen molar-refractivity contribution >= 4 is 17.8 Å². The first kappa shape index (κ1) is 23.3. The molecule has 0 aliphatic rings. The molecule has 0 saturated heterocycles. The average molecular weight is 428 g/mol. The molecule has 2 aromatic heterocycles. The van der Waals surface area contributed by atoms with Gasteiger partial charge in [0.25, 0.3) is 0 Å². The summed E-state index contributed by atoms with van der Waals surface area (Å²) in [6.45, 7) is 4.00. The SMILES string of the molecule is CC(C)(CC(=O)OC(=O)C(F)(F)F)Cc1noc(CCCCNc2ccccn2)n1. The Labute approximate surface area is 171 Å². The van der Waals surface area contributed by atoms with Crippen molar-refractivity contribution in [1.29, 1.82) is 0 Å². The Morgan fingerprint density at radius 3 is 2.63 bits per heavy atom. The first-order valence-corrected chi connectivity index (χ1v) is 9.33. The monoisotopic (exact) mass is 428 g/mol. The number of unbranched alkanes of at least 4 members (excludes halogenated alkanes) is 1. The maximum atomic E-state index is 12.2. The minimum absolute atomic E-state index is 0.174. The van der Waals surface area contributed by atoms with Crippen molar-refractivity contribution in [3.8, 4) is 0 Å². The third kappa shape index (κ3) is 8.18. The van der Waals surface area contributed by atoms with Gasteiger partial charge in [-0.1, -0.05) is 25.1 Å². The number of carbonyl (C=O) groups is 2. The van der Waals surface area contributed by atoms with Gasteiger partial charge in [0.05, 0.1) is 6.42 Å². The van der Waals surface area contributed by atoms with Gasteiger partial charge in [0.2, 0.25) is 5.89 Å². The number of alkyl halides is 3. The lowest BCUT2D eigenvalue weighted by Crippen LogP contribution is -2.30. The summed E-state index contributed by atoms with van der Waals surface area (Å²) in [4.78, 5) is 30.7. The Morgan fingerprint density at radius 2 is 1.97 bits per heavy atom. The van der Waals surface area contributed by atoms with Crippen LogP contribution < -0.4 is 5.32 Å². The molecule has 1 N–H and O–H groups in total. The summed E-state index contributed by atoms with van der Waals surface area (Å²) in [5, 5.41) is 7.04. The summed E-state index contributed by atoms with van der Waals surface area (Å²) < 4.78 is 45.5. The maximum Gasteiger partial charge on any atom is 0.491 e. The molecule has 0 radical (unpaired) electrons. The zero-order chi connectivity index (χ0) is 22.2. The van der Waals surface area contributed by atoms with Crippen molar-refractivity contribution in [3.63, 3.8) is 0 Å². The zero-order valence-corrected chi connectivity index (χ0v) is 16.7. The summed E-state index contributed by atoms with van der Waals surface area (Å²) in [6, 6.07) is 5.61. The van der Waals surface area contributed by atoms with Crippen molar-refractivity contribution < 1.29 is 32.0 Å². The van der Waals surface area contributed by atoms with Crippen LogP contribution in [0.2, 0.25) is 0 Å². The number of nitrogens with one attached hydrogen (secondary N) is 1. The molecule has 0 fully saturated rings. The van der Waals surface area contributed by atoms with E-state index in [1.165, 1.54) is 0 Å². The van der Waals surface area contributed by atoms with Crippen molar-refractivity contribution in [2.75, 3.05) is 11.9 Å². The molecule has 30 heavy (non-hydrogen) atoms. The van der Waals surface area contributed by atoms with Gasteiger partial charge in [-0.05, 0) is 30.4 Å². The van der Waals surface area contributed by atoms with Gasteiger partial charge in [-0.15, -0.1) is 0 Å². The highest BCUT2D eigenvalue weighted by atomic mass is 19.4. The lowest BCUT2D eigenvalue weighted by atomic mass is 9.85. The molecule has 2 rings (SSSR count). The number of carbonyl (C=O) groups excluding carboxylic acids is 2. The molecule has 0 aromatic carbocycles. The lowest BCUT2D eigenvalue weighted by molar-refractivity contribution is -0.202. The lowest BCUT2D eigenvalue weighted by Gasteiger charge is -2.21. The van der Waals surface area contributed by atoms with E-state index in [0.29, 0.717) is 18.1 Å². The Hall–Kier alpha value is -2.98. The second-order valence-electron chi connectivity index (χ2n) is 7.48. The van der Waals surface area contributed by atoms with E-state index in [0.717, 1.165) is 25.2 Å². The summed E-state index contributed by atoms with van der Waals surface area (Å²) in [5.74, 6) is -2.21. The van der Waals surface area contributed by atoms with Gasteiger partial charge in [0.15, 0.2) is 5.82 Å². The highest BCUT2D eigenvalue weighted by Gasteiger charge is 2.43. The van der Waals surface area contributed by atoms with Crippen LogP contribution in [0.25, 0.3) is 0 Å². The predicted octanol–water partition coefficient (Wildman–Crippen LogP) is 3.49. The number of aryl methyl sites for hydroxylation is 1. The minimum Gasteiger partial charge on any atom is -0.386 e. The van der Waals surface area contributed by atoms with Gasteiger partial charge in [-0.3, -0.25) is 4.79 Å². The number of hydrogen-bond acceptors (Lipinski definition) is 8. The molecule has 164 valence electrons. The van der Waals surface area contributed by atoms with Crippen LogP contribution in [0.3, 0.4) is 0 Å². The molecule has 0 amide bonds. The van der Waals surface area contributed by atoms with Crippen LogP contribution in [0, 0.1) is 5.41 Å². The summed E-state index contributed by atoms with van der Waals surface area (Å²) >= 11 is 0. The summed E-state index contributed by atoms with van der Waals surface area (Å²) in [5.41, 5.74) is -0.823. The molecule has 0 unspecified atom stereocenters. The Bertz CT molecular complexity index is 838. The smallest absolute Gasteiger partial charge is 0.386 e. The largest absolute Gasteiger partial charge is 0.491 e. The normalized spacial score (nSPS) is 11.9. The van der Waals surface area contributed by atoms with E-state index in [1.54, 1.807) is 20.0 Å². The molecular weight excluding hydrogens is 405 g/mol. The fourth-order valence-corrected chi connectivity index (χ4v) is 2.63. The van der Waals surface area contributed by atoms with Crippen molar-refractivity contribution in [3.05, 3.63) is 36.1 Å². The summed E-state index contributed by atoms with van der Waals surface area (Å²) in [7, 11) is 0. The zero-order valence-electron chi connectivity index (χ0n) is 16.7. The molecule has 0 aliphatic carbocycles. The molecule has 8 nitrogen and oxygen atoms in total.